The van der Waals surface area contributed by atoms with Crippen molar-refractivity contribution >= 4 is 11.7 Å². The zero-order valence-electron chi connectivity index (χ0n) is 18.9. The quantitative estimate of drug-likeness (QED) is 0.598. The lowest BCUT2D eigenvalue weighted by Gasteiger charge is -2.29. The number of hydrogen-bond acceptors (Lipinski definition) is 8. The zero-order valence-corrected chi connectivity index (χ0v) is 18.9. The van der Waals surface area contributed by atoms with Gasteiger partial charge in [0.25, 0.3) is 0 Å². The van der Waals surface area contributed by atoms with Crippen molar-refractivity contribution in [3.05, 3.63) is 58.7 Å². The van der Waals surface area contributed by atoms with Gasteiger partial charge in [0.15, 0.2) is 12.7 Å². The minimum absolute atomic E-state index is 0.187. The van der Waals surface area contributed by atoms with Crippen molar-refractivity contribution in [1.29, 1.82) is 0 Å². The molecule has 0 radical (unpaired) electrons. The molecule has 0 amide bonds. The molecule has 3 atom stereocenters. The third kappa shape index (κ3) is 3.62. The molecule has 2 aromatic rings. The molecular formula is C25H25NO8. The van der Waals surface area contributed by atoms with E-state index in [9.17, 15) is 15.0 Å². The molecule has 0 bridgehead atoms. The van der Waals surface area contributed by atoms with Gasteiger partial charge in [-0.3, -0.25) is 0 Å². The number of ether oxygens (including phenoxy) is 4. The number of methoxy groups -OCH3 is 1. The van der Waals surface area contributed by atoms with Gasteiger partial charge < -0.3 is 34.0 Å². The highest BCUT2D eigenvalue weighted by molar-refractivity contribution is 6.09. The van der Waals surface area contributed by atoms with E-state index in [1.54, 1.807) is 13.2 Å². The van der Waals surface area contributed by atoms with Crippen molar-refractivity contribution in [3.8, 4) is 23.0 Å². The number of rotatable bonds is 7. The number of fused-ring (bicyclic) bond motifs is 4. The van der Waals surface area contributed by atoms with Gasteiger partial charge >= 0.3 is 5.97 Å². The van der Waals surface area contributed by atoms with Gasteiger partial charge in [0, 0.05) is 28.7 Å². The summed E-state index contributed by atoms with van der Waals surface area (Å²) in [6.45, 7) is 5.46. The van der Waals surface area contributed by atoms with Crippen LogP contribution in [0.15, 0.2) is 41.6 Å². The maximum Gasteiger partial charge on any atom is 0.341 e. The molecule has 0 aromatic heterocycles. The van der Waals surface area contributed by atoms with Crippen molar-refractivity contribution in [2.75, 3.05) is 20.3 Å². The maximum absolute atomic E-state index is 11.3. The molecule has 2 N–H and O–H groups in total. The first kappa shape index (κ1) is 22.1. The smallest absolute Gasteiger partial charge is 0.341 e. The summed E-state index contributed by atoms with van der Waals surface area (Å²) in [5, 5.41) is 23.3. The minimum Gasteiger partial charge on any atom is -0.496 e. The fourth-order valence-corrected chi connectivity index (χ4v) is 4.65. The average Bonchev–Trinajstić information content (AvgIpc) is 3.46. The van der Waals surface area contributed by atoms with Crippen LogP contribution in [0.4, 0.5) is 0 Å². The van der Waals surface area contributed by atoms with Gasteiger partial charge in [-0.25, -0.2) is 4.79 Å². The van der Waals surface area contributed by atoms with E-state index in [2.05, 4.69) is 11.7 Å². The lowest BCUT2D eigenvalue weighted by atomic mass is 9.83. The molecule has 0 aliphatic carbocycles. The highest BCUT2D eigenvalue weighted by Crippen LogP contribution is 2.47. The molecule has 5 rings (SSSR count). The van der Waals surface area contributed by atoms with Crippen LogP contribution < -0.4 is 18.9 Å². The van der Waals surface area contributed by atoms with Crippen molar-refractivity contribution in [1.82, 2.24) is 0 Å². The molecule has 3 aliphatic rings. The van der Waals surface area contributed by atoms with E-state index in [0.29, 0.717) is 46.3 Å². The number of hydrogen-bond donors (Lipinski definition) is 2. The number of nitrogens with zero attached hydrogens (tertiary/aromatic N) is 1. The second-order valence-corrected chi connectivity index (χ2v) is 8.53. The molecule has 3 heterocycles. The normalized spacial score (nSPS) is 21.7. The average molecular weight is 467 g/mol. The second kappa shape index (κ2) is 8.57. The highest BCUT2D eigenvalue weighted by atomic mass is 16.7. The number of aliphatic hydroxyl groups excluding tert-OH is 1. The number of aliphatic hydroxyl groups is 1. The first-order chi connectivity index (χ1) is 16.4. The van der Waals surface area contributed by atoms with E-state index in [-0.39, 0.29) is 31.3 Å². The van der Waals surface area contributed by atoms with Gasteiger partial charge in [-0.05, 0) is 36.8 Å². The second-order valence-electron chi connectivity index (χ2n) is 8.53. The van der Waals surface area contributed by atoms with E-state index < -0.39 is 12.6 Å². The molecule has 9 nitrogen and oxygen atoms in total. The lowest BCUT2D eigenvalue weighted by Crippen LogP contribution is -2.33. The van der Waals surface area contributed by atoms with Gasteiger partial charge in [-0.15, -0.1) is 0 Å². The molecule has 0 spiro atoms. The van der Waals surface area contributed by atoms with Gasteiger partial charge in [0.1, 0.15) is 41.4 Å². The molecular weight excluding hydrogens is 442 g/mol. The first-order valence-corrected chi connectivity index (χ1v) is 10.9. The molecule has 178 valence electrons. The van der Waals surface area contributed by atoms with Crippen molar-refractivity contribution in [2.24, 2.45) is 5.16 Å². The summed E-state index contributed by atoms with van der Waals surface area (Å²) in [5.41, 5.74) is 4.31. The Kier molecular flexibility index (Phi) is 5.57. The van der Waals surface area contributed by atoms with Crippen LogP contribution in [0.25, 0.3) is 0 Å². The van der Waals surface area contributed by atoms with Crippen LogP contribution in [-0.4, -0.2) is 54.4 Å². The molecule has 2 aromatic carbocycles. The van der Waals surface area contributed by atoms with Crippen LogP contribution >= 0.6 is 0 Å². The Labute approximate surface area is 196 Å². The summed E-state index contributed by atoms with van der Waals surface area (Å²) in [7, 11) is 1.54. The van der Waals surface area contributed by atoms with Crippen LogP contribution in [0.3, 0.4) is 0 Å². The zero-order chi connectivity index (χ0) is 24.0. The molecule has 2 unspecified atom stereocenters. The maximum atomic E-state index is 11.3. The molecule has 0 saturated heterocycles. The lowest BCUT2D eigenvalue weighted by molar-refractivity contribution is -0.139. The van der Waals surface area contributed by atoms with Crippen molar-refractivity contribution < 1.29 is 38.8 Å². The standard InChI is InChI=1S/C25H25NO8/c1-12(2)18-8-16-17(33-18)5-4-14(25(16)32-11-22(28)29)24-23-15-7-19(30-3)13(9-27)6-20(15)31-10-21(23)34-26-24/h4-7,18,21,23,27H,1,8-11H2,2-3H3,(H,28,29)/t18-,21?,23?/m1/s1. The molecule has 9 heteroatoms. The SMILES string of the molecule is C=C(C)[C@H]1Cc2c(ccc(C3=NOC4COc5cc(CO)c(OC)cc5C34)c2OCC(=O)O)O1. The summed E-state index contributed by atoms with van der Waals surface area (Å²) < 4.78 is 23.1. The van der Waals surface area contributed by atoms with Crippen LogP contribution in [-0.2, 0) is 22.7 Å². The summed E-state index contributed by atoms with van der Waals surface area (Å²) in [6, 6.07) is 7.24. The molecule has 34 heavy (non-hydrogen) atoms. The Bertz CT molecular complexity index is 1200. The Morgan fingerprint density at radius 3 is 2.82 bits per heavy atom. The van der Waals surface area contributed by atoms with E-state index in [1.807, 2.05) is 25.1 Å². The number of oxime groups is 1. The van der Waals surface area contributed by atoms with Crippen LogP contribution in [0.5, 0.6) is 23.0 Å². The van der Waals surface area contributed by atoms with E-state index in [1.165, 1.54) is 0 Å². The van der Waals surface area contributed by atoms with Crippen LogP contribution in [0.1, 0.15) is 35.1 Å². The van der Waals surface area contributed by atoms with E-state index >= 15 is 0 Å². The summed E-state index contributed by atoms with van der Waals surface area (Å²) in [4.78, 5) is 17.1. The summed E-state index contributed by atoms with van der Waals surface area (Å²) >= 11 is 0. The number of carbonyl (C=O) groups is 1. The molecule has 3 aliphatic heterocycles. The number of carboxylic acids is 1. The fraction of sp³-hybridized carbons (Fsp3) is 0.360. The van der Waals surface area contributed by atoms with E-state index in [0.717, 1.165) is 16.7 Å². The van der Waals surface area contributed by atoms with Crippen molar-refractivity contribution in [3.63, 3.8) is 0 Å². The Hall–Kier alpha value is -3.72. The summed E-state index contributed by atoms with van der Waals surface area (Å²) in [5.74, 6) is 0.817. The first-order valence-electron chi connectivity index (χ1n) is 10.9. The number of aliphatic carboxylic acids is 1. The van der Waals surface area contributed by atoms with E-state index in [4.69, 9.17) is 23.8 Å². The van der Waals surface area contributed by atoms with Gasteiger partial charge in [-0.1, -0.05) is 11.7 Å². The third-order valence-corrected chi connectivity index (χ3v) is 6.32. The van der Waals surface area contributed by atoms with Gasteiger partial charge in [0.2, 0.25) is 0 Å². The molecule has 0 saturated carbocycles. The Morgan fingerprint density at radius 1 is 1.29 bits per heavy atom. The molecule has 0 fully saturated rings. The highest BCUT2D eigenvalue weighted by Gasteiger charge is 2.44. The van der Waals surface area contributed by atoms with Crippen molar-refractivity contribution in [2.45, 2.75) is 38.1 Å². The van der Waals surface area contributed by atoms with Crippen LogP contribution in [0.2, 0.25) is 0 Å². The number of carboxylic acid groups (broad SMARTS) is 1. The van der Waals surface area contributed by atoms with Gasteiger partial charge in [-0.2, -0.15) is 0 Å². The largest absolute Gasteiger partial charge is 0.496 e. The minimum atomic E-state index is -1.08. The van der Waals surface area contributed by atoms with Gasteiger partial charge in [0.05, 0.1) is 19.6 Å². The predicted molar refractivity (Wildman–Crippen MR) is 121 cm³/mol. The fourth-order valence-electron chi connectivity index (χ4n) is 4.65. The number of benzene rings is 2. The topological polar surface area (TPSA) is 116 Å². The monoisotopic (exact) mass is 467 g/mol. The predicted octanol–water partition coefficient (Wildman–Crippen LogP) is 2.81. The Morgan fingerprint density at radius 2 is 2.12 bits per heavy atom. The third-order valence-electron chi connectivity index (χ3n) is 6.32. The Balaban J connectivity index is 1.60. The van der Waals surface area contributed by atoms with Crippen LogP contribution in [0, 0.1) is 0 Å². The summed E-state index contributed by atoms with van der Waals surface area (Å²) in [6.07, 6.45) is -0.0626.